The van der Waals surface area contributed by atoms with Crippen molar-refractivity contribution in [3.8, 4) is 11.4 Å². The second kappa shape index (κ2) is 8.67. The van der Waals surface area contributed by atoms with E-state index in [2.05, 4.69) is 0 Å². The van der Waals surface area contributed by atoms with Crippen LogP contribution in [0.4, 0.5) is 0 Å². The van der Waals surface area contributed by atoms with Crippen LogP contribution in [0.2, 0.25) is 5.02 Å². The van der Waals surface area contributed by atoms with Crippen LogP contribution in [0.3, 0.4) is 0 Å². The first-order valence-corrected chi connectivity index (χ1v) is 9.48. The second-order valence-electron chi connectivity index (χ2n) is 6.38. The second-order valence-corrected chi connectivity index (χ2v) is 6.82. The predicted molar refractivity (Wildman–Crippen MR) is 114 cm³/mol. The minimum Gasteiger partial charge on any atom is -0.486 e. The maximum absolute atomic E-state index is 12.4. The van der Waals surface area contributed by atoms with Crippen molar-refractivity contribution in [3.63, 3.8) is 0 Å². The molecule has 29 heavy (non-hydrogen) atoms. The average Bonchev–Trinajstić information content (AvgIpc) is 3.44. The molecule has 0 N–H and O–H groups in total. The SMILES string of the molecule is O=C(/C=C/c1ccc(COc2ccc(Cl)cc2)o1)c1ccc(-n2cccc2)cc1. The van der Waals surface area contributed by atoms with Gasteiger partial charge in [0, 0.05) is 28.7 Å². The third-order valence-corrected chi connectivity index (χ3v) is 4.58. The summed E-state index contributed by atoms with van der Waals surface area (Å²) in [5.74, 6) is 1.89. The van der Waals surface area contributed by atoms with E-state index in [1.807, 2.05) is 59.4 Å². The van der Waals surface area contributed by atoms with Crippen molar-refractivity contribution in [1.82, 2.24) is 4.57 Å². The Balaban J connectivity index is 1.35. The Hall–Kier alpha value is -3.50. The number of ketones is 1. The number of aromatic nitrogens is 1. The molecule has 0 bridgehead atoms. The normalized spacial score (nSPS) is 11.1. The molecule has 5 heteroatoms. The minimum absolute atomic E-state index is 0.0839. The van der Waals surface area contributed by atoms with E-state index in [1.54, 1.807) is 36.4 Å². The van der Waals surface area contributed by atoms with E-state index in [-0.39, 0.29) is 5.78 Å². The van der Waals surface area contributed by atoms with E-state index < -0.39 is 0 Å². The van der Waals surface area contributed by atoms with E-state index in [1.165, 1.54) is 6.08 Å². The molecule has 0 aliphatic rings. The Morgan fingerprint density at radius 1 is 0.966 bits per heavy atom. The van der Waals surface area contributed by atoms with Gasteiger partial charge in [-0.2, -0.15) is 0 Å². The van der Waals surface area contributed by atoms with Gasteiger partial charge in [0.25, 0.3) is 0 Å². The number of hydrogen-bond donors (Lipinski definition) is 0. The van der Waals surface area contributed by atoms with Crippen molar-refractivity contribution in [2.75, 3.05) is 0 Å². The number of nitrogens with zero attached hydrogens (tertiary/aromatic N) is 1. The Bertz CT molecular complexity index is 1110. The summed E-state index contributed by atoms with van der Waals surface area (Å²) in [4.78, 5) is 12.4. The quantitative estimate of drug-likeness (QED) is 0.272. The maximum atomic E-state index is 12.4. The van der Waals surface area contributed by atoms with E-state index in [0.29, 0.717) is 34.5 Å². The first-order chi connectivity index (χ1) is 14.2. The molecule has 4 nitrogen and oxygen atoms in total. The van der Waals surface area contributed by atoms with Gasteiger partial charge in [-0.15, -0.1) is 0 Å². The van der Waals surface area contributed by atoms with Crippen molar-refractivity contribution in [3.05, 3.63) is 113 Å². The van der Waals surface area contributed by atoms with Crippen LogP contribution < -0.4 is 4.74 Å². The van der Waals surface area contributed by atoms with Crippen molar-refractivity contribution < 1.29 is 13.9 Å². The van der Waals surface area contributed by atoms with E-state index in [0.717, 1.165) is 5.69 Å². The zero-order valence-electron chi connectivity index (χ0n) is 15.5. The number of furan rings is 1. The Labute approximate surface area is 173 Å². The molecule has 0 saturated carbocycles. The van der Waals surface area contributed by atoms with Crippen molar-refractivity contribution >= 4 is 23.5 Å². The van der Waals surface area contributed by atoms with Crippen LogP contribution in [-0.2, 0) is 6.61 Å². The molecule has 0 aliphatic heterocycles. The first-order valence-electron chi connectivity index (χ1n) is 9.10. The van der Waals surface area contributed by atoms with Crippen LogP contribution in [0.25, 0.3) is 11.8 Å². The van der Waals surface area contributed by atoms with Crippen molar-refractivity contribution in [2.45, 2.75) is 6.61 Å². The molecule has 144 valence electrons. The minimum atomic E-state index is -0.0839. The van der Waals surface area contributed by atoms with Crippen LogP contribution in [0.1, 0.15) is 21.9 Å². The third-order valence-electron chi connectivity index (χ3n) is 4.33. The van der Waals surface area contributed by atoms with Gasteiger partial charge in [0.1, 0.15) is 23.9 Å². The summed E-state index contributed by atoms with van der Waals surface area (Å²) in [7, 11) is 0. The highest BCUT2D eigenvalue weighted by molar-refractivity contribution is 6.30. The molecule has 0 unspecified atom stereocenters. The standard InChI is InChI=1S/C24H18ClNO3/c25-19-5-9-21(10-6-19)28-17-23-12-11-22(29-23)13-14-24(27)18-3-7-20(8-4-18)26-15-1-2-16-26/h1-16H,17H2/b14-13+. The molecule has 2 heterocycles. The molecule has 0 atom stereocenters. The summed E-state index contributed by atoms with van der Waals surface area (Å²) >= 11 is 5.86. The number of rotatable bonds is 7. The van der Waals surface area contributed by atoms with Gasteiger partial charge in [-0.1, -0.05) is 11.6 Å². The first kappa shape index (κ1) is 18.8. The molecular weight excluding hydrogens is 386 g/mol. The molecule has 0 fully saturated rings. The lowest BCUT2D eigenvalue weighted by Crippen LogP contribution is -1.96. The fourth-order valence-corrected chi connectivity index (χ4v) is 2.93. The lowest BCUT2D eigenvalue weighted by Gasteiger charge is -2.03. The molecule has 2 aromatic heterocycles. The van der Waals surface area contributed by atoms with Crippen LogP contribution in [-0.4, -0.2) is 10.4 Å². The smallest absolute Gasteiger partial charge is 0.185 e. The zero-order chi connectivity index (χ0) is 20.1. The molecule has 4 rings (SSSR count). The summed E-state index contributed by atoms with van der Waals surface area (Å²) in [6.07, 6.45) is 7.09. The Kier molecular flexibility index (Phi) is 5.63. The van der Waals surface area contributed by atoms with E-state index >= 15 is 0 Å². The maximum Gasteiger partial charge on any atom is 0.185 e. The summed E-state index contributed by atoms with van der Waals surface area (Å²) in [5.41, 5.74) is 1.63. The Morgan fingerprint density at radius 3 is 2.41 bits per heavy atom. The van der Waals surface area contributed by atoms with Gasteiger partial charge in [0.05, 0.1) is 0 Å². The highest BCUT2D eigenvalue weighted by Crippen LogP contribution is 2.18. The number of carbonyl (C=O) groups excluding carboxylic acids is 1. The zero-order valence-corrected chi connectivity index (χ0v) is 16.3. The number of hydrogen-bond acceptors (Lipinski definition) is 3. The fourth-order valence-electron chi connectivity index (χ4n) is 2.81. The molecule has 0 amide bonds. The van der Waals surface area contributed by atoms with Crippen molar-refractivity contribution in [2.24, 2.45) is 0 Å². The third kappa shape index (κ3) is 4.86. The lowest BCUT2D eigenvalue weighted by molar-refractivity contribution is 0.104. The molecule has 0 radical (unpaired) electrons. The molecule has 0 aliphatic carbocycles. The monoisotopic (exact) mass is 403 g/mol. The van der Waals surface area contributed by atoms with Crippen LogP contribution >= 0.6 is 11.6 Å². The molecule has 0 spiro atoms. The number of benzene rings is 2. The average molecular weight is 404 g/mol. The van der Waals surface area contributed by atoms with Gasteiger partial charge in [0.2, 0.25) is 0 Å². The van der Waals surface area contributed by atoms with Gasteiger partial charge in [-0.25, -0.2) is 0 Å². The summed E-state index contributed by atoms with van der Waals surface area (Å²) in [6, 6.07) is 22.1. The number of allylic oxidation sites excluding steroid dienone is 1. The summed E-state index contributed by atoms with van der Waals surface area (Å²) in [5, 5.41) is 0.659. The fraction of sp³-hybridized carbons (Fsp3) is 0.0417. The van der Waals surface area contributed by atoms with Gasteiger partial charge < -0.3 is 13.7 Å². The van der Waals surface area contributed by atoms with Crippen LogP contribution in [0, 0.1) is 0 Å². The number of ether oxygens (including phenoxy) is 1. The number of carbonyl (C=O) groups is 1. The van der Waals surface area contributed by atoms with Gasteiger partial charge >= 0.3 is 0 Å². The van der Waals surface area contributed by atoms with Gasteiger partial charge in [-0.05, 0) is 84.9 Å². The topological polar surface area (TPSA) is 44.4 Å². The van der Waals surface area contributed by atoms with Gasteiger partial charge in [-0.3, -0.25) is 4.79 Å². The summed E-state index contributed by atoms with van der Waals surface area (Å²) < 4.78 is 13.3. The molecule has 2 aromatic carbocycles. The highest BCUT2D eigenvalue weighted by atomic mass is 35.5. The Morgan fingerprint density at radius 2 is 1.69 bits per heavy atom. The van der Waals surface area contributed by atoms with Gasteiger partial charge in [0.15, 0.2) is 5.78 Å². The number of halogens is 1. The van der Waals surface area contributed by atoms with Crippen LogP contribution in [0.5, 0.6) is 5.75 Å². The molecule has 4 aromatic rings. The van der Waals surface area contributed by atoms with Crippen LogP contribution in [0.15, 0.2) is 95.7 Å². The lowest BCUT2D eigenvalue weighted by atomic mass is 10.1. The molecule has 0 saturated heterocycles. The predicted octanol–water partition coefficient (Wildman–Crippen LogP) is 6.20. The largest absolute Gasteiger partial charge is 0.486 e. The highest BCUT2D eigenvalue weighted by Gasteiger charge is 2.05. The van der Waals surface area contributed by atoms with Crippen molar-refractivity contribution in [1.29, 1.82) is 0 Å². The molecular formula is C24H18ClNO3. The van der Waals surface area contributed by atoms with E-state index in [4.69, 9.17) is 20.8 Å². The van der Waals surface area contributed by atoms with E-state index in [9.17, 15) is 4.79 Å². The summed E-state index contributed by atoms with van der Waals surface area (Å²) in [6.45, 7) is 0.296.